The Morgan fingerprint density at radius 2 is 2.17 bits per heavy atom. The molecule has 1 aromatic carbocycles. The van der Waals surface area contributed by atoms with Crippen molar-refractivity contribution in [3.8, 4) is 0 Å². The highest BCUT2D eigenvalue weighted by molar-refractivity contribution is 8.00. The SMILES string of the molecule is CC1CN(c2cc(S(N)(=O)=O)ccc2N)CCS1. The molecule has 1 heterocycles. The minimum atomic E-state index is -3.68. The lowest BCUT2D eigenvalue weighted by Crippen LogP contribution is -2.37. The number of hydrogen-bond donors (Lipinski definition) is 2. The topological polar surface area (TPSA) is 89.4 Å². The first-order valence-corrected chi connectivity index (χ1v) is 8.26. The van der Waals surface area contributed by atoms with Crippen molar-refractivity contribution in [1.82, 2.24) is 0 Å². The molecule has 100 valence electrons. The normalized spacial score (nSPS) is 21.0. The molecule has 2 rings (SSSR count). The molecule has 0 bridgehead atoms. The first-order chi connectivity index (χ1) is 8.38. The summed E-state index contributed by atoms with van der Waals surface area (Å²) in [7, 11) is -3.68. The predicted octanol–water partition coefficient (Wildman–Crippen LogP) is 0.858. The Bertz CT molecular complexity index is 545. The fourth-order valence-electron chi connectivity index (χ4n) is 2.01. The smallest absolute Gasteiger partial charge is 0.238 e. The largest absolute Gasteiger partial charge is 0.397 e. The summed E-state index contributed by atoms with van der Waals surface area (Å²) in [5.74, 6) is 1.01. The molecule has 1 unspecified atom stereocenters. The number of sulfonamides is 1. The van der Waals surface area contributed by atoms with Gasteiger partial charge < -0.3 is 10.6 Å². The van der Waals surface area contributed by atoms with Crippen LogP contribution in [-0.4, -0.2) is 32.5 Å². The monoisotopic (exact) mass is 287 g/mol. The van der Waals surface area contributed by atoms with Crippen molar-refractivity contribution in [3.63, 3.8) is 0 Å². The molecule has 0 amide bonds. The van der Waals surface area contributed by atoms with Gasteiger partial charge in [0.2, 0.25) is 10.0 Å². The molecule has 1 saturated heterocycles. The highest BCUT2D eigenvalue weighted by atomic mass is 32.2. The fraction of sp³-hybridized carbons (Fsp3) is 0.455. The quantitative estimate of drug-likeness (QED) is 0.787. The molecule has 1 aliphatic heterocycles. The van der Waals surface area contributed by atoms with E-state index in [0.717, 1.165) is 24.5 Å². The van der Waals surface area contributed by atoms with Crippen LogP contribution in [-0.2, 0) is 10.0 Å². The molecule has 0 aromatic heterocycles. The van der Waals surface area contributed by atoms with E-state index in [1.54, 1.807) is 12.1 Å². The standard InChI is InChI=1S/C11H17N3O2S2/c1-8-7-14(4-5-17-8)11-6-9(18(13,15)16)2-3-10(11)12/h2-3,6,8H,4-5,7,12H2,1H3,(H2,13,15,16). The zero-order chi connectivity index (χ0) is 13.3. The lowest BCUT2D eigenvalue weighted by molar-refractivity contribution is 0.598. The molecule has 5 nitrogen and oxygen atoms in total. The molecule has 0 aliphatic carbocycles. The highest BCUT2D eigenvalue weighted by Gasteiger charge is 2.20. The van der Waals surface area contributed by atoms with Gasteiger partial charge in [-0.25, -0.2) is 13.6 Å². The van der Waals surface area contributed by atoms with Crippen LogP contribution >= 0.6 is 11.8 Å². The number of hydrogen-bond acceptors (Lipinski definition) is 5. The fourth-order valence-corrected chi connectivity index (χ4v) is 3.56. The number of nitrogen functional groups attached to an aromatic ring is 1. The van der Waals surface area contributed by atoms with Crippen molar-refractivity contribution >= 4 is 33.2 Å². The Labute approximate surface area is 112 Å². The maximum atomic E-state index is 11.4. The van der Waals surface area contributed by atoms with Crippen LogP contribution in [0.15, 0.2) is 23.1 Å². The molecule has 1 atom stereocenters. The van der Waals surface area contributed by atoms with Crippen molar-refractivity contribution < 1.29 is 8.42 Å². The third-order valence-corrected chi connectivity index (χ3v) is 4.96. The number of nitrogens with zero attached hydrogens (tertiary/aromatic N) is 1. The summed E-state index contributed by atoms with van der Waals surface area (Å²) in [6.07, 6.45) is 0. The van der Waals surface area contributed by atoms with E-state index >= 15 is 0 Å². The van der Waals surface area contributed by atoms with Crippen molar-refractivity contribution in [1.29, 1.82) is 0 Å². The van der Waals surface area contributed by atoms with Crippen LogP contribution in [0.3, 0.4) is 0 Å². The molecule has 0 saturated carbocycles. The average Bonchev–Trinajstić information content (AvgIpc) is 2.28. The number of anilines is 2. The molecular weight excluding hydrogens is 270 g/mol. The molecule has 0 radical (unpaired) electrons. The lowest BCUT2D eigenvalue weighted by Gasteiger charge is -2.33. The van der Waals surface area contributed by atoms with E-state index in [-0.39, 0.29) is 4.90 Å². The third-order valence-electron chi connectivity index (χ3n) is 2.91. The van der Waals surface area contributed by atoms with Crippen LogP contribution in [0.2, 0.25) is 0 Å². The number of rotatable bonds is 2. The maximum absolute atomic E-state index is 11.4. The van der Waals surface area contributed by atoms with Crippen LogP contribution in [0.25, 0.3) is 0 Å². The highest BCUT2D eigenvalue weighted by Crippen LogP contribution is 2.30. The minimum Gasteiger partial charge on any atom is -0.397 e. The van der Waals surface area contributed by atoms with Crippen LogP contribution < -0.4 is 15.8 Å². The van der Waals surface area contributed by atoms with Crippen LogP contribution in [0.4, 0.5) is 11.4 Å². The minimum absolute atomic E-state index is 0.109. The van der Waals surface area contributed by atoms with Crippen LogP contribution in [0, 0.1) is 0 Å². The summed E-state index contributed by atoms with van der Waals surface area (Å²) >= 11 is 1.91. The predicted molar refractivity (Wildman–Crippen MR) is 76.4 cm³/mol. The summed E-state index contributed by atoms with van der Waals surface area (Å²) in [5, 5.41) is 5.65. The van der Waals surface area contributed by atoms with Crippen molar-refractivity contribution in [2.75, 3.05) is 29.5 Å². The molecule has 4 N–H and O–H groups in total. The van der Waals surface area contributed by atoms with E-state index < -0.39 is 10.0 Å². The van der Waals surface area contributed by atoms with E-state index in [4.69, 9.17) is 10.9 Å². The van der Waals surface area contributed by atoms with Gasteiger partial charge in [-0.05, 0) is 18.2 Å². The number of thioether (sulfide) groups is 1. The number of benzene rings is 1. The van der Waals surface area contributed by atoms with Gasteiger partial charge in [-0.15, -0.1) is 0 Å². The van der Waals surface area contributed by atoms with Crippen molar-refractivity contribution in [2.24, 2.45) is 5.14 Å². The third kappa shape index (κ3) is 2.90. The van der Waals surface area contributed by atoms with Gasteiger partial charge in [-0.2, -0.15) is 11.8 Å². The number of primary sulfonamides is 1. The van der Waals surface area contributed by atoms with E-state index in [0.29, 0.717) is 10.9 Å². The summed E-state index contributed by atoms with van der Waals surface area (Å²) < 4.78 is 22.7. The van der Waals surface area contributed by atoms with Crippen molar-refractivity contribution in [2.45, 2.75) is 17.1 Å². The molecule has 1 aromatic rings. The van der Waals surface area contributed by atoms with Gasteiger partial charge in [0, 0.05) is 24.1 Å². The van der Waals surface area contributed by atoms with Gasteiger partial charge in [-0.1, -0.05) is 6.92 Å². The molecule has 18 heavy (non-hydrogen) atoms. The van der Waals surface area contributed by atoms with Gasteiger partial charge >= 0.3 is 0 Å². The van der Waals surface area contributed by atoms with E-state index in [1.165, 1.54) is 6.07 Å². The van der Waals surface area contributed by atoms with Crippen molar-refractivity contribution in [3.05, 3.63) is 18.2 Å². The maximum Gasteiger partial charge on any atom is 0.238 e. The second kappa shape index (κ2) is 4.99. The Morgan fingerprint density at radius 1 is 1.44 bits per heavy atom. The van der Waals surface area contributed by atoms with Gasteiger partial charge in [0.1, 0.15) is 0 Å². The van der Waals surface area contributed by atoms with E-state index in [1.807, 2.05) is 11.8 Å². The first-order valence-electron chi connectivity index (χ1n) is 5.67. The van der Waals surface area contributed by atoms with Gasteiger partial charge in [-0.3, -0.25) is 0 Å². The van der Waals surface area contributed by atoms with Gasteiger partial charge in [0.05, 0.1) is 16.3 Å². The Morgan fingerprint density at radius 3 is 2.78 bits per heavy atom. The van der Waals surface area contributed by atoms with Crippen LogP contribution in [0.1, 0.15) is 6.92 Å². The summed E-state index contributed by atoms with van der Waals surface area (Å²) in [5.41, 5.74) is 7.27. The van der Waals surface area contributed by atoms with Gasteiger partial charge in [0.25, 0.3) is 0 Å². The second-order valence-electron chi connectivity index (χ2n) is 4.39. The van der Waals surface area contributed by atoms with Gasteiger partial charge in [0.15, 0.2) is 0 Å². The summed E-state index contributed by atoms with van der Waals surface area (Å²) in [6, 6.07) is 4.60. The average molecular weight is 287 g/mol. The summed E-state index contributed by atoms with van der Waals surface area (Å²) in [4.78, 5) is 2.23. The lowest BCUT2D eigenvalue weighted by atomic mass is 10.2. The number of nitrogens with two attached hydrogens (primary N) is 2. The molecular formula is C11H17N3O2S2. The molecule has 0 spiro atoms. The Kier molecular flexibility index (Phi) is 3.74. The molecule has 1 fully saturated rings. The summed E-state index contributed by atoms with van der Waals surface area (Å²) in [6.45, 7) is 3.88. The molecule has 1 aliphatic rings. The second-order valence-corrected chi connectivity index (χ2v) is 7.50. The van der Waals surface area contributed by atoms with Crippen LogP contribution in [0.5, 0.6) is 0 Å². The zero-order valence-electron chi connectivity index (χ0n) is 10.2. The zero-order valence-corrected chi connectivity index (χ0v) is 11.8. The first kappa shape index (κ1) is 13.5. The molecule has 7 heteroatoms. The van der Waals surface area contributed by atoms with E-state index in [2.05, 4.69) is 11.8 Å². The Hall–Kier alpha value is -0.920. The van der Waals surface area contributed by atoms with E-state index in [9.17, 15) is 8.42 Å². The Balaban J connectivity index is 2.37.